The van der Waals surface area contributed by atoms with E-state index in [-0.39, 0.29) is 17.9 Å². The summed E-state index contributed by atoms with van der Waals surface area (Å²) in [6, 6.07) is 14.6. The topological polar surface area (TPSA) is 68.5 Å². The second-order valence-corrected chi connectivity index (χ2v) is 7.84. The number of hydrogen-bond donors (Lipinski definition) is 1. The number of tetrazole rings is 1. The van der Waals surface area contributed by atoms with Gasteiger partial charge in [-0.2, -0.15) is 13.2 Å². The first kappa shape index (κ1) is 22.7. The first-order valence-electron chi connectivity index (χ1n) is 9.72. The molecule has 0 fully saturated rings. The molecule has 0 saturated carbocycles. The fourth-order valence-electron chi connectivity index (χ4n) is 3.58. The summed E-state index contributed by atoms with van der Waals surface area (Å²) in [7, 11) is 1.57. The van der Waals surface area contributed by atoms with Crippen molar-refractivity contribution in [1.29, 1.82) is 0 Å². The van der Waals surface area contributed by atoms with E-state index in [0.717, 1.165) is 17.7 Å². The molecular formula is C22H17ClF4N6. The van der Waals surface area contributed by atoms with Gasteiger partial charge in [-0.3, -0.25) is 4.98 Å². The lowest BCUT2D eigenvalue weighted by Gasteiger charge is -2.36. The Morgan fingerprint density at radius 2 is 1.73 bits per heavy atom. The normalized spacial score (nSPS) is 13.5. The van der Waals surface area contributed by atoms with Gasteiger partial charge in [-0.25, -0.2) is 9.07 Å². The van der Waals surface area contributed by atoms with E-state index in [1.165, 1.54) is 10.9 Å². The quantitative estimate of drug-likeness (QED) is 0.396. The summed E-state index contributed by atoms with van der Waals surface area (Å²) in [4.78, 5) is 4.38. The molecule has 0 aliphatic rings. The molecule has 4 rings (SSSR count). The van der Waals surface area contributed by atoms with Gasteiger partial charge in [0.15, 0.2) is 0 Å². The molecule has 0 aliphatic carbocycles. The number of halogens is 5. The van der Waals surface area contributed by atoms with Gasteiger partial charge >= 0.3 is 6.18 Å². The second-order valence-electron chi connectivity index (χ2n) is 7.41. The van der Waals surface area contributed by atoms with E-state index >= 15 is 0 Å². The van der Waals surface area contributed by atoms with Crippen molar-refractivity contribution in [1.82, 2.24) is 25.2 Å². The standard InChI is InChI=1S/C22H17ClF4N6/c1-33-20(30-31-32-33)29-21(12-14-5-3-2-4-6-14,19-8-7-17(23)13-28-19)15-9-16(22(25,26)27)11-18(24)10-15/h2-11,13H,12H2,1H3,(H,29,30,32). The smallest absolute Gasteiger partial charge is 0.338 e. The summed E-state index contributed by atoms with van der Waals surface area (Å²) in [5, 5.41) is 14.8. The Morgan fingerprint density at radius 3 is 2.33 bits per heavy atom. The third-order valence-corrected chi connectivity index (χ3v) is 5.36. The number of alkyl halides is 3. The number of nitrogens with zero attached hydrogens (tertiary/aromatic N) is 5. The van der Waals surface area contributed by atoms with Crippen molar-refractivity contribution in [2.24, 2.45) is 7.05 Å². The lowest BCUT2D eigenvalue weighted by atomic mass is 9.80. The number of benzene rings is 2. The van der Waals surface area contributed by atoms with Gasteiger partial charge in [-0.15, -0.1) is 0 Å². The molecule has 11 heteroatoms. The molecule has 2 aromatic heterocycles. The monoisotopic (exact) mass is 476 g/mol. The third kappa shape index (κ3) is 4.80. The highest BCUT2D eigenvalue weighted by Gasteiger charge is 2.40. The average Bonchev–Trinajstić information content (AvgIpc) is 3.17. The van der Waals surface area contributed by atoms with Gasteiger partial charge in [-0.1, -0.05) is 47.0 Å². The van der Waals surface area contributed by atoms with Gasteiger partial charge in [-0.05, 0) is 51.9 Å². The van der Waals surface area contributed by atoms with Crippen LogP contribution < -0.4 is 5.32 Å². The summed E-state index contributed by atoms with van der Waals surface area (Å²) in [5.74, 6) is -0.885. The number of hydrogen-bond acceptors (Lipinski definition) is 5. The van der Waals surface area contributed by atoms with Crippen LogP contribution >= 0.6 is 11.6 Å². The molecule has 0 saturated heterocycles. The molecule has 0 bridgehead atoms. The van der Waals surface area contributed by atoms with Crippen molar-refractivity contribution < 1.29 is 17.6 Å². The Labute approximate surface area is 191 Å². The van der Waals surface area contributed by atoms with Crippen molar-refractivity contribution in [2.45, 2.75) is 18.1 Å². The lowest BCUT2D eigenvalue weighted by molar-refractivity contribution is -0.137. The molecule has 0 amide bonds. The Balaban J connectivity index is 2.01. The molecule has 0 spiro atoms. The fourth-order valence-corrected chi connectivity index (χ4v) is 3.69. The maximum absolute atomic E-state index is 14.6. The van der Waals surface area contributed by atoms with E-state index in [2.05, 4.69) is 25.8 Å². The lowest BCUT2D eigenvalue weighted by Crippen LogP contribution is -2.41. The minimum Gasteiger partial charge on any atom is -0.338 e. The predicted molar refractivity (Wildman–Crippen MR) is 114 cm³/mol. The maximum atomic E-state index is 14.6. The SMILES string of the molecule is Cn1nnnc1NC(Cc1ccccc1)(c1cc(F)cc(C(F)(F)F)c1)c1ccc(Cl)cn1. The molecular weight excluding hydrogens is 460 g/mol. The van der Waals surface area contributed by atoms with E-state index in [9.17, 15) is 17.6 Å². The molecule has 2 heterocycles. The first-order chi connectivity index (χ1) is 15.7. The van der Waals surface area contributed by atoms with Crippen molar-refractivity contribution in [3.8, 4) is 0 Å². The van der Waals surface area contributed by atoms with Crippen LogP contribution in [0.3, 0.4) is 0 Å². The summed E-state index contributed by atoms with van der Waals surface area (Å²) in [6.07, 6.45) is -3.28. The van der Waals surface area contributed by atoms with E-state index in [0.29, 0.717) is 16.8 Å². The van der Waals surface area contributed by atoms with Gasteiger partial charge in [0.25, 0.3) is 0 Å². The van der Waals surface area contributed by atoms with E-state index in [1.807, 2.05) is 18.2 Å². The highest BCUT2D eigenvalue weighted by molar-refractivity contribution is 6.30. The van der Waals surface area contributed by atoms with Crippen molar-refractivity contribution in [2.75, 3.05) is 5.32 Å². The van der Waals surface area contributed by atoms with E-state index in [1.54, 1.807) is 31.3 Å². The van der Waals surface area contributed by atoms with Crippen LogP contribution in [0.5, 0.6) is 0 Å². The summed E-state index contributed by atoms with van der Waals surface area (Å²) < 4.78 is 56.7. The third-order valence-electron chi connectivity index (χ3n) is 5.14. The molecule has 1 atom stereocenters. The first-order valence-corrected chi connectivity index (χ1v) is 10.1. The Kier molecular flexibility index (Phi) is 6.03. The molecule has 0 aliphatic heterocycles. The van der Waals surface area contributed by atoms with Crippen LogP contribution in [0.1, 0.15) is 22.4 Å². The minimum absolute atomic E-state index is 0.00324. The van der Waals surface area contributed by atoms with Gasteiger partial charge < -0.3 is 5.32 Å². The Morgan fingerprint density at radius 1 is 1.00 bits per heavy atom. The van der Waals surface area contributed by atoms with Crippen molar-refractivity contribution in [3.05, 3.63) is 100 Å². The molecule has 2 aromatic carbocycles. The molecule has 1 unspecified atom stereocenters. The number of pyridine rings is 1. The number of rotatable bonds is 6. The molecule has 1 N–H and O–H groups in total. The van der Waals surface area contributed by atoms with Crippen LogP contribution in [-0.2, 0) is 25.2 Å². The minimum atomic E-state index is -4.75. The van der Waals surface area contributed by atoms with E-state index in [4.69, 9.17) is 11.6 Å². The summed E-state index contributed by atoms with van der Waals surface area (Å²) in [5.41, 5.74) is -1.54. The van der Waals surface area contributed by atoms with Gasteiger partial charge in [0.2, 0.25) is 5.95 Å². The molecule has 6 nitrogen and oxygen atoms in total. The average molecular weight is 477 g/mol. The Hall–Kier alpha value is -3.53. The van der Waals surface area contributed by atoms with Gasteiger partial charge in [0.05, 0.1) is 16.3 Å². The van der Waals surface area contributed by atoms with Crippen LogP contribution in [0.25, 0.3) is 0 Å². The van der Waals surface area contributed by atoms with E-state index < -0.39 is 23.1 Å². The number of aromatic nitrogens is 5. The van der Waals surface area contributed by atoms with Crippen LogP contribution in [0, 0.1) is 5.82 Å². The highest BCUT2D eigenvalue weighted by Crippen LogP contribution is 2.39. The number of anilines is 1. The largest absolute Gasteiger partial charge is 0.416 e. The highest BCUT2D eigenvalue weighted by atomic mass is 35.5. The van der Waals surface area contributed by atoms with Crippen LogP contribution in [0.2, 0.25) is 5.02 Å². The van der Waals surface area contributed by atoms with Crippen molar-refractivity contribution >= 4 is 17.5 Å². The zero-order valence-electron chi connectivity index (χ0n) is 17.2. The molecule has 170 valence electrons. The van der Waals surface area contributed by atoms with Crippen molar-refractivity contribution in [3.63, 3.8) is 0 Å². The second kappa shape index (κ2) is 8.78. The molecule has 33 heavy (non-hydrogen) atoms. The number of aryl methyl sites for hydroxylation is 1. The summed E-state index contributed by atoms with van der Waals surface area (Å²) in [6.45, 7) is 0. The molecule has 0 radical (unpaired) electrons. The number of nitrogens with one attached hydrogen (secondary N) is 1. The van der Waals surface area contributed by atoms with Crippen LogP contribution in [-0.4, -0.2) is 25.2 Å². The maximum Gasteiger partial charge on any atom is 0.416 e. The Bertz CT molecular complexity index is 1240. The van der Waals surface area contributed by atoms with Crippen LogP contribution in [0.4, 0.5) is 23.5 Å². The van der Waals surface area contributed by atoms with Gasteiger partial charge in [0.1, 0.15) is 11.4 Å². The zero-order chi connectivity index (χ0) is 23.6. The fraction of sp³-hybridized carbons (Fsp3) is 0.182. The molecule has 4 aromatic rings. The zero-order valence-corrected chi connectivity index (χ0v) is 17.9. The predicted octanol–water partition coefficient (Wildman–Crippen LogP) is 5.01. The van der Waals surface area contributed by atoms with Crippen LogP contribution in [0.15, 0.2) is 66.9 Å². The summed E-state index contributed by atoms with van der Waals surface area (Å²) >= 11 is 6.02. The van der Waals surface area contributed by atoms with Gasteiger partial charge in [0, 0.05) is 19.7 Å².